The van der Waals surface area contributed by atoms with Crippen LogP contribution in [0.2, 0.25) is 5.02 Å². The smallest absolute Gasteiger partial charge is 0.335 e. The van der Waals surface area contributed by atoms with Crippen LogP contribution in [0.3, 0.4) is 0 Å². The maximum absolute atomic E-state index is 11.2. The first-order valence-corrected chi connectivity index (χ1v) is 4.95. The Kier molecular flexibility index (Phi) is 4.28. The molecule has 0 atom stereocenters. The van der Waals surface area contributed by atoms with Crippen molar-refractivity contribution >= 4 is 29.2 Å². The Hall–Kier alpha value is -1.59. The number of anilines is 1. The zero-order chi connectivity index (χ0) is 12.1. The zero-order valence-corrected chi connectivity index (χ0v) is 9.12. The van der Waals surface area contributed by atoms with Crippen LogP contribution in [0.5, 0.6) is 0 Å². The number of halogens is 1. The van der Waals surface area contributed by atoms with E-state index in [0.717, 1.165) is 0 Å². The monoisotopic (exact) mass is 242 g/mol. The molecule has 16 heavy (non-hydrogen) atoms. The number of hydrogen-bond acceptors (Lipinski definition) is 3. The van der Waals surface area contributed by atoms with Crippen molar-refractivity contribution in [1.82, 2.24) is 0 Å². The number of carbonyl (C=O) groups excluding carboxylic acids is 1. The second-order valence-electron chi connectivity index (χ2n) is 3.09. The van der Waals surface area contributed by atoms with Gasteiger partial charge in [-0.1, -0.05) is 11.6 Å². The summed E-state index contributed by atoms with van der Waals surface area (Å²) >= 11 is 5.81. The highest BCUT2D eigenvalue weighted by Crippen LogP contribution is 2.23. The highest BCUT2D eigenvalue weighted by Gasteiger charge is 2.08. The standard InChI is InChI=1S/C10H11ClN2O3/c11-7-5-6(10(15)16)1-2-8(7)13-9(14)3-4-12/h1-2,5H,3-4,12H2,(H,13,14)(H,15,16). The van der Waals surface area contributed by atoms with Crippen molar-refractivity contribution in [3.8, 4) is 0 Å². The van der Waals surface area contributed by atoms with Crippen LogP contribution in [0.15, 0.2) is 18.2 Å². The van der Waals surface area contributed by atoms with Gasteiger partial charge in [0.1, 0.15) is 0 Å². The molecule has 1 aromatic rings. The van der Waals surface area contributed by atoms with Crippen LogP contribution < -0.4 is 11.1 Å². The normalized spacial score (nSPS) is 9.88. The van der Waals surface area contributed by atoms with Crippen LogP contribution in [0.4, 0.5) is 5.69 Å². The van der Waals surface area contributed by atoms with Gasteiger partial charge in [0.2, 0.25) is 5.91 Å². The molecule has 0 saturated heterocycles. The van der Waals surface area contributed by atoms with Gasteiger partial charge in [0, 0.05) is 13.0 Å². The molecule has 0 spiro atoms. The van der Waals surface area contributed by atoms with Crippen LogP contribution in [0.1, 0.15) is 16.8 Å². The number of rotatable bonds is 4. The minimum Gasteiger partial charge on any atom is -0.478 e. The summed E-state index contributed by atoms with van der Waals surface area (Å²) in [6.45, 7) is 0.247. The Morgan fingerprint density at radius 2 is 2.12 bits per heavy atom. The Bertz CT molecular complexity index is 421. The number of amides is 1. The van der Waals surface area contributed by atoms with Gasteiger partial charge in [-0.15, -0.1) is 0 Å². The molecule has 1 amide bonds. The van der Waals surface area contributed by atoms with Crippen LogP contribution in [0, 0.1) is 0 Å². The van der Waals surface area contributed by atoms with E-state index < -0.39 is 5.97 Å². The van der Waals surface area contributed by atoms with Gasteiger partial charge < -0.3 is 16.2 Å². The lowest BCUT2D eigenvalue weighted by Gasteiger charge is -2.06. The second kappa shape index (κ2) is 5.48. The molecule has 5 nitrogen and oxygen atoms in total. The van der Waals surface area contributed by atoms with Crippen molar-refractivity contribution in [3.63, 3.8) is 0 Å². The Labute approximate surface area is 97.2 Å². The lowest BCUT2D eigenvalue weighted by Crippen LogP contribution is -2.16. The van der Waals surface area contributed by atoms with E-state index in [1.54, 1.807) is 0 Å². The van der Waals surface area contributed by atoms with E-state index in [2.05, 4.69) is 5.32 Å². The summed E-state index contributed by atoms with van der Waals surface area (Å²) in [5.41, 5.74) is 5.66. The Morgan fingerprint density at radius 1 is 1.44 bits per heavy atom. The van der Waals surface area contributed by atoms with E-state index in [9.17, 15) is 9.59 Å². The molecular formula is C10H11ClN2O3. The summed E-state index contributed by atoms with van der Waals surface area (Å²) in [5.74, 6) is -1.32. The average Bonchev–Trinajstić information content (AvgIpc) is 2.21. The highest BCUT2D eigenvalue weighted by molar-refractivity contribution is 6.34. The number of benzene rings is 1. The lowest BCUT2D eigenvalue weighted by molar-refractivity contribution is -0.116. The molecule has 4 N–H and O–H groups in total. The molecule has 0 aromatic heterocycles. The quantitative estimate of drug-likeness (QED) is 0.743. The molecular weight excluding hydrogens is 232 g/mol. The number of nitrogens with one attached hydrogen (secondary N) is 1. The van der Waals surface area contributed by atoms with Crippen molar-refractivity contribution in [3.05, 3.63) is 28.8 Å². The maximum Gasteiger partial charge on any atom is 0.335 e. The zero-order valence-electron chi connectivity index (χ0n) is 8.37. The lowest BCUT2D eigenvalue weighted by atomic mass is 10.2. The van der Waals surface area contributed by atoms with E-state index in [1.165, 1.54) is 18.2 Å². The molecule has 0 unspecified atom stereocenters. The van der Waals surface area contributed by atoms with E-state index in [1.807, 2.05) is 0 Å². The van der Waals surface area contributed by atoms with Crippen molar-refractivity contribution in [2.75, 3.05) is 11.9 Å². The first-order valence-electron chi connectivity index (χ1n) is 4.57. The minimum atomic E-state index is -1.07. The third kappa shape index (κ3) is 3.22. The molecule has 0 aliphatic carbocycles. The predicted octanol–water partition coefficient (Wildman–Crippen LogP) is 1.33. The summed E-state index contributed by atoms with van der Waals surface area (Å²) in [5, 5.41) is 11.4. The van der Waals surface area contributed by atoms with Crippen LogP contribution in [0.25, 0.3) is 0 Å². The van der Waals surface area contributed by atoms with Gasteiger partial charge in [0.25, 0.3) is 0 Å². The number of carboxylic acids is 1. The first-order chi connectivity index (χ1) is 7.54. The van der Waals surface area contributed by atoms with Gasteiger partial charge in [-0.3, -0.25) is 4.79 Å². The van der Waals surface area contributed by atoms with Crippen LogP contribution in [-0.4, -0.2) is 23.5 Å². The SMILES string of the molecule is NCCC(=O)Nc1ccc(C(=O)O)cc1Cl. The van der Waals surface area contributed by atoms with Crippen LogP contribution >= 0.6 is 11.6 Å². The number of carboxylic acid groups (broad SMARTS) is 1. The average molecular weight is 243 g/mol. The van der Waals surface area contributed by atoms with E-state index >= 15 is 0 Å². The molecule has 0 heterocycles. The molecule has 0 aliphatic heterocycles. The second-order valence-corrected chi connectivity index (χ2v) is 3.49. The molecule has 1 rings (SSSR count). The fourth-order valence-electron chi connectivity index (χ4n) is 1.09. The van der Waals surface area contributed by atoms with Gasteiger partial charge in [-0.05, 0) is 18.2 Å². The first kappa shape index (κ1) is 12.5. The molecule has 0 saturated carbocycles. The van der Waals surface area contributed by atoms with E-state index in [0.29, 0.717) is 5.69 Å². The predicted molar refractivity (Wildman–Crippen MR) is 60.7 cm³/mol. The molecule has 0 fully saturated rings. The minimum absolute atomic E-state index is 0.0711. The molecule has 0 radical (unpaired) electrons. The Balaban J connectivity index is 2.83. The highest BCUT2D eigenvalue weighted by atomic mass is 35.5. The van der Waals surface area contributed by atoms with Gasteiger partial charge in [0.05, 0.1) is 16.3 Å². The fraction of sp³-hybridized carbons (Fsp3) is 0.200. The van der Waals surface area contributed by atoms with Crippen molar-refractivity contribution < 1.29 is 14.7 Å². The third-order valence-corrected chi connectivity index (χ3v) is 2.17. The van der Waals surface area contributed by atoms with Gasteiger partial charge in [-0.2, -0.15) is 0 Å². The number of carbonyl (C=O) groups is 2. The summed E-state index contributed by atoms with van der Waals surface area (Å²) in [4.78, 5) is 21.8. The largest absolute Gasteiger partial charge is 0.478 e. The summed E-state index contributed by atoms with van der Waals surface area (Å²) < 4.78 is 0. The molecule has 1 aromatic carbocycles. The molecule has 0 bridgehead atoms. The molecule has 0 aliphatic rings. The van der Waals surface area contributed by atoms with Crippen LogP contribution in [-0.2, 0) is 4.79 Å². The maximum atomic E-state index is 11.2. The van der Waals surface area contributed by atoms with Crippen molar-refractivity contribution in [2.24, 2.45) is 5.73 Å². The third-order valence-electron chi connectivity index (χ3n) is 1.86. The van der Waals surface area contributed by atoms with Crippen molar-refractivity contribution in [2.45, 2.75) is 6.42 Å². The van der Waals surface area contributed by atoms with Crippen molar-refractivity contribution in [1.29, 1.82) is 0 Å². The van der Waals surface area contributed by atoms with Gasteiger partial charge in [-0.25, -0.2) is 4.79 Å². The molecule has 6 heteroatoms. The van der Waals surface area contributed by atoms with E-state index in [4.69, 9.17) is 22.4 Å². The topological polar surface area (TPSA) is 92.4 Å². The number of aromatic carboxylic acids is 1. The summed E-state index contributed by atoms with van der Waals surface area (Å²) in [7, 11) is 0. The van der Waals surface area contributed by atoms with Gasteiger partial charge in [0.15, 0.2) is 0 Å². The summed E-state index contributed by atoms with van der Waals surface area (Å²) in [6.07, 6.45) is 0.191. The fourth-order valence-corrected chi connectivity index (χ4v) is 1.32. The van der Waals surface area contributed by atoms with E-state index in [-0.39, 0.29) is 29.5 Å². The Morgan fingerprint density at radius 3 is 2.62 bits per heavy atom. The van der Waals surface area contributed by atoms with Gasteiger partial charge >= 0.3 is 5.97 Å². The summed E-state index contributed by atoms with van der Waals surface area (Å²) in [6, 6.07) is 4.09. The number of nitrogens with two attached hydrogens (primary N) is 1. The number of hydrogen-bond donors (Lipinski definition) is 3. The molecule has 86 valence electrons.